The fourth-order valence-corrected chi connectivity index (χ4v) is 4.18. The summed E-state index contributed by atoms with van der Waals surface area (Å²) in [5.74, 6) is 0.0240. The molecule has 1 heterocycles. The molecule has 0 amide bonds. The van der Waals surface area contributed by atoms with Gasteiger partial charge in [0.05, 0.1) is 23.4 Å². The highest BCUT2D eigenvalue weighted by Crippen LogP contribution is 2.45. The van der Waals surface area contributed by atoms with E-state index in [0.717, 1.165) is 46.1 Å². The van der Waals surface area contributed by atoms with Gasteiger partial charge in [-0.1, -0.05) is 77.1 Å². The van der Waals surface area contributed by atoms with Crippen LogP contribution in [0.1, 0.15) is 77.5 Å². The molecule has 1 aliphatic carbocycles. The van der Waals surface area contributed by atoms with Crippen molar-refractivity contribution in [2.45, 2.75) is 78.4 Å². The topological polar surface area (TPSA) is 70.4 Å². The largest absolute Gasteiger partial charge is 0.393 e. The Bertz CT molecular complexity index is 1210. The van der Waals surface area contributed by atoms with Crippen molar-refractivity contribution in [1.82, 2.24) is 4.98 Å². The third kappa shape index (κ3) is 6.86. The lowest BCUT2D eigenvalue weighted by atomic mass is 9.87. The Hall–Kier alpha value is -2.89. The summed E-state index contributed by atoms with van der Waals surface area (Å²) in [4.78, 5) is 17.2. The monoisotopic (exact) mass is 491 g/mol. The molecule has 1 aliphatic rings. The van der Waals surface area contributed by atoms with E-state index in [-0.39, 0.29) is 24.4 Å². The van der Waals surface area contributed by atoms with Crippen molar-refractivity contribution in [2.75, 3.05) is 0 Å². The number of aliphatic hydroxyl groups excluding tert-OH is 2. The average Bonchev–Trinajstić information content (AvgIpc) is 3.68. The number of Topliss-reactive ketones (excluding diaryl/α,β-unsaturated/α-hetero) is 1. The predicted molar refractivity (Wildman–Crippen MR) is 145 cm³/mol. The Kier molecular flexibility index (Phi) is 9.15. The summed E-state index contributed by atoms with van der Waals surface area (Å²) in [6.07, 6.45) is 3.91. The minimum absolute atomic E-state index is 0.0140. The van der Waals surface area contributed by atoms with Gasteiger partial charge in [0.15, 0.2) is 0 Å². The van der Waals surface area contributed by atoms with E-state index in [1.54, 1.807) is 18.2 Å². The number of hydrogen-bond acceptors (Lipinski definition) is 4. The first-order valence-corrected chi connectivity index (χ1v) is 12.9. The maximum absolute atomic E-state index is 13.7. The number of aromatic nitrogens is 1. The molecule has 0 bridgehead atoms. The number of fused-ring (bicyclic) bond motifs is 1. The Labute approximate surface area is 213 Å². The number of hydrogen-bond donors (Lipinski definition) is 2. The Morgan fingerprint density at radius 2 is 1.72 bits per heavy atom. The number of aliphatic hydroxyl groups is 2. The predicted octanol–water partition coefficient (Wildman–Crippen LogP) is 7.07. The number of ketones is 1. The molecular formula is C31H38FNO3. The van der Waals surface area contributed by atoms with Crippen LogP contribution in [-0.2, 0) is 4.79 Å². The fraction of sp³-hybridized carbons (Fsp3) is 0.419. The highest BCUT2D eigenvalue weighted by Gasteiger charge is 2.30. The zero-order valence-electron chi connectivity index (χ0n) is 22.0. The third-order valence-corrected chi connectivity index (χ3v) is 6.31. The van der Waals surface area contributed by atoms with Gasteiger partial charge in [-0.2, -0.15) is 0 Å². The zero-order valence-corrected chi connectivity index (χ0v) is 22.0. The highest BCUT2D eigenvalue weighted by atomic mass is 19.1. The lowest BCUT2D eigenvalue weighted by Crippen LogP contribution is -2.27. The first kappa shape index (κ1) is 27.7. The maximum atomic E-state index is 13.7. The van der Waals surface area contributed by atoms with Crippen LogP contribution in [0.4, 0.5) is 4.39 Å². The summed E-state index contributed by atoms with van der Waals surface area (Å²) in [6.45, 7) is 9.46. The smallest absolute Gasteiger partial charge is 0.140 e. The van der Waals surface area contributed by atoms with Crippen molar-refractivity contribution < 1.29 is 19.4 Å². The van der Waals surface area contributed by atoms with Crippen LogP contribution in [0.5, 0.6) is 0 Å². The normalized spacial score (nSPS) is 15.4. The summed E-state index contributed by atoms with van der Waals surface area (Å²) in [5, 5.41) is 21.9. The van der Waals surface area contributed by atoms with Crippen LogP contribution in [-0.4, -0.2) is 33.2 Å². The first-order valence-electron chi connectivity index (χ1n) is 12.9. The zero-order chi connectivity index (χ0) is 26.5. The quantitative estimate of drug-likeness (QED) is 0.353. The van der Waals surface area contributed by atoms with Crippen molar-refractivity contribution in [3.8, 4) is 11.1 Å². The van der Waals surface area contributed by atoms with Gasteiger partial charge in [-0.25, -0.2) is 4.39 Å². The molecule has 4 nitrogen and oxygen atoms in total. The van der Waals surface area contributed by atoms with Gasteiger partial charge in [-0.3, -0.25) is 9.78 Å². The van der Waals surface area contributed by atoms with E-state index in [2.05, 4.69) is 0 Å². The van der Waals surface area contributed by atoms with E-state index < -0.39 is 17.6 Å². The SMILES string of the molecule is CC.CC(C)(C)C(=O)CC(O)CC(O)/C=C/c1c(C2CC2)nc2ccccc2c1-c1ccc(F)cc1. The van der Waals surface area contributed by atoms with E-state index in [1.807, 2.05) is 65.0 Å². The second kappa shape index (κ2) is 11.9. The molecule has 5 heteroatoms. The number of nitrogens with zero attached hydrogens (tertiary/aromatic N) is 1. The lowest BCUT2D eigenvalue weighted by Gasteiger charge is -2.20. The second-order valence-electron chi connectivity index (χ2n) is 10.3. The van der Waals surface area contributed by atoms with Crippen LogP contribution in [0.2, 0.25) is 0 Å². The molecule has 2 N–H and O–H groups in total. The van der Waals surface area contributed by atoms with Crippen molar-refractivity contribution in [2.24, 2.45) is 5.41 Å². The van der Waals surface area contributed by atoms with Crippen molar-refractivity contribution in [3.63, 3.8) is 0 Å². The van der Waals surface area contributed by atoms with Crippen LogP contribution in [0, 0.1) is 11.2 Å². The second-order valence-corrected chi connectivity index (χ2v) is 10.3. The fourth-order valence-electron chi connectivity index (χ4n) is 4.18. The summed E-state index contributed by atoms with van der Waals surface area (Å²) in [7, 11) is 0. The van der Waals surface area contributed by atoms with Crippen LogP contribution in [0.3, 0.4) is 0 Å². The number of para-hydroxylation sites is 1. The molecule has 2 unspecified atom stereocenters. The van der Waals surface area contributed by atoms with Crippen LogP contribution >= 0.6 is 0 Å². The molecule has 0 radical (unpaired) electrons. The van der Waals surface area contributed by atoms with Gasteiger partial charge in [-0.15, -0.1) is 0 Å². The molecule has 3 aromatic rings. The van der Waals surface area contributed by atoms with Gasteiger partial charge in [-0.05, 0) is 36.6 Å². The lowest BCUT2D eigenvalue weighted by molar-refractivity contribution is -0.128. The molecule has 2 aromatic carbocycles. The van der Waals surface area contributed by atoms with E-state index in [1.165, 1.54) is 12.1 Å². The summed E-state index contributed by atoms with van der Waals surface area (Å²) < 4.78 is 13.7. The number of carbonyl (C=O) groups excluding carboxylic acids is 1. The number of halogens is 1. The summed E-state index contributed by atoms with van der Waals surface area (Å²) in [5.41, 5.74) is 4.09. The Morgan fingerprint density at radius 1 is 1.08 bits per heavy atom. The molecule has 36 heavy (non-hydrogen) atoms. The molecule has 0 saturated heterocycles. The average molecular weight is 492 g/mol. The van der Waals surface area contributed by atoms with Crippen LogP contribution < -0.4 is 0 Å². The molecule has 1 aromatic heterocycles. The molecular weight excluding hydrogens is 453 g/mol. The van der Waals surface area contributed by atoms with Crippen molar-refractivity contribution >= 4 is 22.8 Å². The Morgan fingerprint density at radius 3 is 2.33 bits per heavy atom. The molecule has 192 valence electrons. The van der Waals surface area contributed by atoms with Gasteiger partial charge in [0.1, 0.15) is 11.6 Å². The van der Waals surface area contributed by atoms with Gasteiger partial charge in [0.2, 0.25) is 0 Å². The molecule has 1 fully saturated rings. The van der Waals surface area contributed by atoms with Crippen LogP contribution in [0.25, 0.3) is 28.1 Å². The Balaban J connectivity index is 0.00000176. The molecule has 0 spiro atoms. The summed E-state index contributed by atoms with van der Waals surface area (Å²) in [6, 6.07) is 14.3. The number of carbonyl (C=O) groups is 1. The molecule has 2 atom stereocenters. The number of benzene rings is 2. The molecule has 0 aliphatic heterocycles. The van der Waals surface area contributed by atoms with E-state index in [9.17, 15) is 19.4 Å². The van der Waals surface area contributed by atoms with Gasteiger partial charge in [0, 0.05) is 40.7 Å². The molecule has 4 rings (SSSR count). The minimum atomic E-state index is -0.916. The van der Waals surface area contributed by atoms with E-state index >= 15 is 0 Å². The van der Waals surface area contributed by atoms with Crippen molar-refractivity contribution in [3.05, 3.63) is 71.7 Å². The number of rotatable bonds is 8. The standard InChI is InChI=1S/C29H32FNO3.C2H6/c1-29(2,3)26(34)17-22(33)16-21(32)14-15-24-27(18-10-12-20(30)13-11-18)23-6-4-5-7-25(23)31-28(24)19-8-9-19;1-2/h4-7,10-15,19,21-22,32-33H,8-9,16-17H2,1-3H3;1-2H3/b15-14+;. The summed E-state index contributed by atoms with van der Waals surface area (Å²) >= 11 is 0. The van der Waals surface area contributed by atoms with Crippen LogP contribution in [0.15, 0.2) is 54.6 Å². The van der Waals surface area contributed by atoms with Gasteiger partial charge >= 0.3 is 0 Å². The van der Waals surface area contributed by atoms with E-state index in [0.29, 0.717) is 5.92 Å². The third-order valence-electron chi connectivity index (χ3n) is 6.31. The van der Waals surface area contributed by atoms with E-state index in [4.69, 9.17) is 4.98 Å². The van der Waals surface area contributed by atoms with Gasteiger partial charge < -0.3 is 10.2 Å². The maximum Gasteiger partial charge on any atom is 0.140 e. The van der Waals surface area contributed by atoms with Gasteiger partial charge in [0.25, 0.3) is 0 Å². The minimum Gasteiger partial charge on any atom is -0.393 e. The number of pyridine rings is 1. The molecule has 1 saturated carbocycles. The first-order chi connectivity index (χ1) is 17.1. The highest BCUT2D eigenvalue weighted by molar-refractivity contribution is 5.99. The van der Waals surface area contributed by atoms with Crippen molar-refractivity contribution in [1.29, 1.82) is 0 Å².